The highest BCUT2D eigenvalue weighted by Crippen LogP contribution is 2.41. The van der Waals surface area contributed by atoms with Crippen molar-refractivity contribution < 1.29 is 28.7 Å². The minimum atomic E-state index is -1.24. The van der Waals surface area contributed by atoms with E-state index < -0.39 is 24.9 Å². The van der Waals surface area contributed by atoms with E-state index in [1.54, 1.807) is 29.2 Å². The van der Waals surface area contributed by atoms with Gasteiger partial charge in [0.1, 0.15) is 23.9 Å². The lowest BCUT2D eigenvalue weighted by atomic mass is 9.76. The van der Waals surface area contributed by atoms with Crippen LogP contribution in [0.3, 0.4) is 0 Å². The van der Waals surface area contributed by atoms with Crippen molar-refractivity contribution in [1.29, 1.82) is 0 Å². The van der Waals surface area contributed by atoms with Gasteiger partial charge in [-0.2, -0.15) is 4.68 Å². The van der Waals surface area contributed by atoms with Gasteiger partial charge in [0.25, 0.3) is 5.91 Å². The number of H-pyrrole nitrogens is 1. The number of benzene rings is 2. The summed E-state index contributed by atoms with van der Waals surface area (Å²) in [6.07, 6.45) is 7.26. The van der Waals surface area contributed by atoms with Crippen LogP contribution < -0.4 is 10.6 Å². The molecule has 49 heavy (non-hydrogen) atoms. The number of likely N-dealkylation sites (tertiary alicyclic amines) is 1. The zero-order chi connectivity index (χ0) is 34.1. The van der Waals surface area contributed by atoms with Crippen LogP contribution in [-0.4, -0.2) is 79.1 Å². The number of fused-ring (bicyclic) bond motifs is 2. The van der Waals surface area contributed by atoms with E-state index in [-0.39, 0.29) is 35.5 Å². The fourth-order valence-corrected chi connectivity index (χ4v) is 8.57. The second-order valence-corrected chi connectivity index (χ2v) is 13.9. The molecule has 1 aliphatic heterocycles. The number of carbonyl (C=O) groups excluding carboxylic acids is 3. The number of nitrogens with one attached hydrogen (secondary N) is 3. The van der Waals surface area contributed by atoms with E-state index in [1.165, 1.54) is 11.1 Å². The highest BCUT2D eigenvalue weighted by molar-refractivity contribution is 6.04. The Bertz CT molecular complexity index is 1860. The molecule has 2 aromatic heterocycles. The number of amides is 3. The van der Waals surface area contributed by atoms with Crippen molar-refractivity contribution in [2.24, 2.45) is 23.7 Å². The normalized spacial score (nSPS) is 23.8. The molecule has 7 rings (SSSR count). The summed E-state index contributed by atoms with van der Waals surface area (Å²) < 4.78 is 14.9. The molecule has 4 N–H and O–H groups in total. The SMILES string of the molecule is O=C(O)N[C@H](CF)[C@H]1CC[C@H](C(=O)N2CC[C@@H](C3CCCCC3)[C@H]2C(=O)Nc2ccc3[nH]c(C(=O)n4nnc5ccccc54)cc3c2)CC1. The van der Waals surface area contributed by atoms with Gasteiger partial charge in [0.05, 0.1) is 11.6 Å². The average molecular weight is 672 g/mol. The van der Waals surface area contributed by atoms with Crippen LogP contribution in [0.1, 0.15) is 74.7 Å². The summed E-state index contributed by atoms with van der Waals surface area (Å²) in [7, 11) is 0. The van der Waals surface area contributed by atoms with Crippen molar-refractivity contribution in [3.8, 4) is 0 Å². The molecule has 0 unspecified atom stereocenters. The van der Waals surface area contributed by atoms with Gasteiger partial charge in [0.15, 0.2) is 0 Å². The second kappa shape index (κ2) is 14.0. The molecule has 3 heterocycles. The monoisotopic (exact) mass is 671 g/mol. The fraction of sp³-hybridized carbons (Fsp3) is 0.500. The molecular formula is C36H42FN7O5. The zero-order valence-electron chi connectivity index (χ0n) is 27.3. The Labute approximate surface area is 282 Å². The number of hydrogen-bond donors (Lipinski definition) is 4. The predicted molar refractivity (Wildman–Crippen MR) is 181 cm³/mol. The van der Waals surface area contributed by atoms with E-state index in [0.717, 1.165) is 43.0 Å². The lowest BCUT2D eigenvalue weighted by Gasteiger charge is -2.37. The number of alkyl halides is 1. The molecule has 258 valence electrons. The topological polar surface area (TPSA) is 162 Å². The van der Waals surface area contributed by atoms with Crippen LogP contribution >= 0.6 is 0 Å². The Morgan fingerprint density at radius 1 is 0.959 bits per heavy atom. The fourth-order valence-electron chi connectivity index (χ4n) is 8.57. The first-order valence-electron chi connectivity index (χ1n) is 17.5. The minimum absolute atomic E-state index is 0.0372. The molecule has 2 saturated carbocycles. The number of hydrogen-bond acceptors (Lipinski definition) is 6. The molecule has 12 nitrogen and oxygen atoms in total. The number of aromatic amines is 1. The first-order chi connectivity index (χ1) is 23.8. The summed E-state index contributed by atoms with van der Waals surface area (Å²) in [5.74, 6) is -0.599. The standard InChI is InChI=1S/C36H42FN7O5/c37-20-30(40-36(48)49)22-10-12-23(13-11-22)34(46)43-17-16-26(21-6-2-1-3-7-21)32(43)33(45)38-25-14-15-27-24(18-25)19-29(39-27)35(47)44-31-9-5-4-8-28(31)41-42-44/h4-5,8-9,14-15,18-19,21-23,26,30,32,39-40H,1-3,6-7,10-13,16-17,20H2,(H,38,45)(H,48,49)/t22-,23-,26-,30+,32-/m0/s1. The number of carboxylic acid groups (broad SMARTS) is 1. The summed E-state index contributed by atoms with van der Waals surface area (Å²) >= 11 is 0. The average Bonchev–Trinajstić information content (AvgIpc) is 3.87. The lowest BCUT2D eigenvalue weighted by Crippen LogP contribution is -2.50. The third-order valence-electron chi connectivity index (χ3n) is 11.1. The molecular weight excluding hydrogens is 629 g/mol. The largest absolute Gasteiger partial charge is 0.465 e. The molecule has 1 saturated heterocycles. The number of aromatic nitrogens is 4. The van der Waals surface area contributed by atoms with Crippen molar-refractivity contribution in [2.45, 2.75) is 76.3 Å². The molecule has 0 bridgehead atoms. The first kappa shape index (κ1) is 32.7. The Morgan fingerprint density at radius 3 is 2.49 bits per heavy atom. The van der Waals surface area contributed by atoms with E-state index in [1.807, 2.05) is 24.3 Å². The molecule has 13 heteroatoms. The maximum absolute atomic E-state index is 14.2. The van der Waals surface area contributed by atoms with Crippen LogP contribution in [0, 0.1) is 23.7 Å². The zero-order valence-corrected chi connectivity index (χ0v) is 27.3. The Kier molecular flexibility index (Phi) is 9.33. The van der Waals surface area contributed by atoms with Crippen molar-refractivity contribution in [3.05, 3.63) is 54.2 Å². The third-order valence-corrected chi connectivity index (χ3v) is 11.1. The Balaban J connectivity index is 1.08. The van der Waals surface area contributed by atoms with E-state index in [0.29, 0.717) is 60.6 Å². The number of halogens is 1. The Morgan fingerprint density at radius 2 is 1.73 bits per heavy atom. The Hall–Kier alpha value is -4.81. The molecule has 3 amide bonds. The summed E-state index contributed by atoms with van der Waals surface area (Å²) in [5.41, 5.74) is 2.87. The minimum Gasteiger partial charge on any atom is -0.465 e. The maximum Gasteiger partial charge on any atom is 0.404 e. The summed E-state index contributed by atoms with van der Waals surface area (Å²) in [6.45, 7) is -0.261. The number of nitrogens with zero attached hydrogens (tertiary/aromatic N) is 4. The summed E-state index contributed by atoms with van der Waals surface area (Å²) in [4.78, 5) is 57.6. The second-order valence-electron chi connectivity index (χ2n) is 13.9. The van der Waals surface area contributed by atoms with E-state index in [4.69, 9.17) is 5.11 Å². The highest BCUT2D eigenvalue weighted by Gasteiger charge is 2.47. The molecule has 4 aromatic rings. The van der Waals surface area contributed by atoms with E-state index >= 15 is 0 Å². The quantitative estimate of drug-likeness (QED) is 0.185. The van der Waals surface area contributed by atoms with Crippen molar-refractivity contribution >= 4 is 51.4 Å². The van der Waals surface area contributed by atoms with Gasteiger partial charge in [-0.3, -0.25) is 14.4 Å². The van der Waals surface area contributed by atoms with Crippen molar-refractivity contribution in [3.63, 3.8) is 0 Å². The maximum atomic E-state index is 14.2. The number of anilines is 1. The smallest absolute Gasteiger partial charge is 0.404 e. The number of para-hydroxylation sites is 1. The summed E-state index contributed by atoms with van der Waals surface area (Å²) in [5, 5.41) is 23.3. The molecule has 0 spiro atoms. The van der Waals surface area contributed by atoms with Crippen LogP contribution in [0.15, 0.2) is 48.5 Å². The van der Waals surface area contributed by atoms with Gasteiger partial charge < -0.3 is 25.6 Å². The van der Waals surface area contributed by atoms with Gasteiger partial charge in [0, 0.05) is 29.1 Å². The van der Waals surface area contributed by atoms with Crippen LogP contribution in [0.5, 0.6) is 0 Å². The summed E-state index contributed by atoms with van der Waals surface area (Å²) in [6, 6.07) is 13.0. The van der Waals surface area contributed by atoms with Crippen LogP contribution in [-0.2, 0) is 9.59 Å². The lowest BCUT2D eigenvalue weighted by molar-refractivity contribution is -0.142. The van der Waals surface area contributed by atoms with Crippen molar-refractivity contribution in [1.82, 2.24) is 30.2 Å². The van der Waals surface area contributed by atoms with Gasteiger partial charge in [-0.1, -0.05) is 49.5 Å². The molecule has 2 aliphatic carbocycles. The van der Waals surface area contributed by atoms with E-state index in [2.05, 4.69) is 25.9 Å². The predicted octanol–water partition coefficient (Wildman–Crippen LogP) is 5.75. The van der Waals surface area contributed by atoms with Crippen LogP contribution in [0.4, 0.5) is 14.9 Å². The van der Waals surface area contributed by atoms with E-state index in [9.17, 15) is 23.6 Å². The van der Waals surface area contributed by atoms with Crippen LogP contribution in [0.25, 0.3) is 21.9 Å². The first-order valence-corrected chi connectivity index (χ1v) is 17.5. The third kappa shape index (κ3) is 6.62. The molecule has 3 atom stereocenters. The van der Waals surface area contributed by atoms with Gasteiger partial charge in [-0.25, -0.2) is 9.18 Å². The highest BCUT2D eigenvalue weighted by atomic mass is 19.1. The van der Waals surface area contributed by atoms with Crippen molar-refractivity contribution in [2.75, 3.05) is 18.5 Å². The van der Waals surface area contributed by atoms with Crippen LogP contribution in [0.2, 0.25) is 0 Å². The molecule has 2 aromatic carbocycles. The molecule has 3 aliphatic rings. The number of rotatable bonds is 8. The molecule has 0 radical (unpaired) electrons. The van der Waals surface area contributed by atoms with Gasteiger partial charge in [-0.15, -0.1) is 5.10 Å². The molecule has 3 fully saturated rings. The van der Waals surface area contributed by atoms with Gasteiger partial charge >= 0.3 is 6.09 Å². The van der Waals surface area contributed by atoms with Gasteiger partial charge in [-0.05, 0) is 86.3 Å². The van der Waals surface area contributed by atoms with Gasteiger partial charge in [0.2, 0.25) is 11.8 Å². The number of carbonyl (C=O) groups is 4.